The first-order valence-corrected chi connectivity index (χ1v) is 5.32. The van der Waals surface area contributed by atoms with Crippen LogP contribution in [-0.4, -0.2) is 6.04 Å². The molecule has 1 aromatic rings. The van der Waals surface area contributed by atoms with E-state index in [4.69, 9.17) is 0 Å². The number of hydrogen-bond acceptors (Lipinski definition) is 3. The van der Waals surface area contributed by atoms with E-state index in [0.717, 1.165) is 10.9 Å². The van der Waals surface area contributed by atoms with Crippen LogP contribution in [0, 0.1) is 0 Å². The largest absolute Gasteiger partial charge is 0.257 e. The molecule has 1 aliphatic rings. The van der Waals surface area contributed by atoms with Crippen LogP contribution in [0.15, 0.2) is 34.1 Å². The molecule has 1 aliphatic carbocycles. The normalized spacial score (nSPS) is 16.4. The molecule has 1 aromatic carbocycles. The molecule has 0 spiro atoms. The third-order valence-electron chi connectivity index (χ3n) is 1.74. The van der Waals surface area contributed by atoms with Gasteiger partial charge in [-0.1, -0.05) is 6.07 Å². The Kier molecular flexibility index (Phi) is 2.63. The van der Waals surface area contributed by atoms with Gasteiger partial charge in [0.1, 0.15) is 0 Å². The van der Waals surface area contributed by atoms with Gasteiger partial charge in [0.15, 0.2) is 0 Å². The first-order valence-electron chi connectivity index (χ1n) is 4.06. The maximum absolute atomic E-state index is 4.27. The zero-order valence-electron chi connectivity index (χ0n) is 6.66. The maximum atomic E-state index is 4.27. The Morgan fingerprint density at radius 2 is 2.25 bits per heavy atom. The Morgan fingerprint density at radius 1 is 1.42 bits per heavy atom. The molecule has 0 atom stereocenters. The van der Waals surface area contributed by atoms with Crippen LogP contribution in [0.25, 0.3) is 0 Å². The van der Waals surface area contributed by atoms with Gasteiger partial charge in [-0.25, -0.2) is 0 Å². The summed E-state index contributed by atoms with van der Waals surface area (Å²) < 4.78 is 3.38. The van der Waals surface area contributed by atoms with E-state index < -0.39 is 0 Å². The Labute approximate surface area is 82.5 Å². The maximum Gasteiger partial charge on any atom is 0.0239 e. The summed E-state index contributed by atoms with van der Waals surface area (Å²) >= 11 is 5.98. The van der Waals surface area contributed by atoms with E-state index in [9.17, 15) is 0 Å². The summed E-state index contributed by atoms with van der Waals surface area (Å²) in [6.45, 7) is 0. The fourth-order valence-corrected chi connectivity index (χ4v) is 2.08. The molecule has 12 heavy (non-hydrogen) atoms. The minimum absolute atomic E-state index is 0.749. The van der Waals surface area contributed by atoms with Crippen molar-refractivity contribution in [1.29, 1.82) is 0 Å². The molecule has 0 aliphatic heterocycles. The second-order valence-corrected chi connectivity index (χ2v) is 4.42. The van der Waals surface area contributed by atoms with Crippen molar-refractivity contribution in [1.82, 2.24) is 4.72 Å². The standard InChI is InChI=1S/C9H11NS2/c11-8-2-1-3-9(6-8)12-10-7-4-5-7/h1-3,6-7,10-11H,4-5H2. The Bertz CT molecular complexity index is 271. The Morgan fingerprint density at radius 3 is 2.92 bits per heavy atom. The van der Waals surface area contributed by atoms with Gasteiger partial charge in [-0.2, -0.15) is 0 Å². The molecule has 1 N–H and O–H groups in total. The fraction of sp³-hybridized carbons (Fsp3) is 0.333. The molecule has 0 bridgehead atoms. The first-order chi connectivity index (χ1) is 5.84. The monoisotopic (exact) mass is 197 g/mol. The van der Waals surface area contributed by atoms with E-state index in [1.807, 2.05) is 12.1 Å². The highest BCUT2D eigenvalue weighted by molar-refractivity contribution is 7.97. The predicted molar refractivity (Wildman–Crippen MR) is 55.7 cm³/mol. The fourth-order valence-electron chi connectivity index (χ4n) is 0.900. The van der Waals surface area contributed by atoms with E-state index in [0.29, 0.717) is 0 Å². The summed E-state index contributed by atoms with van der Waals surface area (Å²) in [5.41, 5.74) is 0. The zero-order chi connectivity index (χ0) is 8.39. The molecular weight excluding hydrogens is 186 g/mol. The van der Waals surface area contributed by atoms with Crippen LogP contribution in [0.5, 0.6) is 0 Å². The van der Waals surface area contributed by atoms with Crippen LogP contribution < -0.4 is 4.72 Å². The third kappa shape index (κ3) is 2.44. The number of rotatable bonds is 3. The highest BCUT2D eigenvalue weighted by Gasteiger charge is 2.20. The van der Waals surface area contributed by atoms with Crippen molar-refractivity contribution in [2.24, 2.45) is 0 Å². The van der Waals surface area contributed by atoms with Crippen molar-refractivity contribution in [3.05, 3.63) is 24.3 Å². The topological polar surface area (TPSA) is 12.0 Å². The smallest absolute Gasteiger partial charge is 0.0239 e. The van der Waals surface area contributed by atoms with E-state index >= 15 is 0 Å². The molecule has 0 unspecified atom stereocenters. The lowest BCUT2D eigenvalue weighted by Crippen LogP contribution is -2.04. The average molecular weight is 197 g/mol. The summed E-state index contributed by atoms with van der Waals surface area (Å²) in [6.07, 6.45) is 2.65. The van der Waals surface area contributed by atoms with Gasteiger partial charge < -0.3 is 0 Å². The second-order valence-electron chi connectivity index (χ2n) is 2.99. The predicted octanol–water partition coefficient (Wildman–Crippen LogP) is 2.73. The minimum atomic E-state index is 0.749. The van der Waals surface area contributed by atoms with Crippen molar-refractivity contribution in [3.8, 4) is 0 Å². The summed E-state index contributed by atoms with van der Waals surface area (Å²) in [4.78, 5) is 2.27. The Hall–Kier alpha value is -0.120. The van der Waals surface area contributed by atoms with Gasteiger partial charge in [0.2, 0.25) is 0 Å². The van der Waals surface area contributed by atoms with Crippen molar-refractivity contribution >= 4 is 24.6 Å². The van der Waals surface area contributed by atoms with Crippen LogP contribution >= 0.6 is 24.6 Å². The quantitative estimate of drug-likeness (QED) is 0.571. The SMILES string of the molecule is Sc1cccc(SNC2CC2)c1. The van der Waals surface area contributed by atoms with Crippen LogP contribution in [0.2, 0.25) is 0 Å². The third-order valence-corrected chi connectivity index (χ3v) is 2.96. The van der Waals surface area contributed by atoms with Gasteiger partial charge in [-0.15, -0.1) is 12.6 Å². The van der Waals surface area contributed by atoms with E-state index in [-0.39, 0.29) is 0 Å². The van der Waals surface area contributed by atoms with Crippen LogP contribution in [0.3, 0.4) is 0 Å². The van der Waals surface area contributed by atoms with Gasteiger partial charge in [0.25, 0.3) is 0 Å². The minimum Gasteiger partial charge on any atom is -0.257 e. The number of nitrogens with one attached hydrogen (secondary N) is 1. The highest BCUT2D eigenvalue weighted by atomic mass is 32.2. The molecule has 64 valence electrons. The molecule has 2 rings (SSSR count). The lowest BCUT2D eigenvalue weighted by atomic mass is 10.4. The van der Waals surface area contributed by atoms with Crippen molar-refractivity contribution in [3.63, 3.8) is 0 Å². The molecule has 0 amide bonds. The molecule has 1 saturated carbocycles. The number of benzene rings is 1. The molecule has 1 fully saturated rings. The number of thiol groups is 1. The summed E-state index contributed by atoms with van der Waals surface area (Å²) in [7, 11) is 0. The van der Waals surface area contributed by atoms with Crippen LogP contribution in [0.1, 0.15) is 12.8 Å². The number of hydrogen-bond donors (Lipinski definition) is 2. The second kappa shape index (κ2) is 3.73. The summed E-state index contributed by atoms with van der Waals surface area (Å²) in [5, 5.41) is 0. The van der Waals surface area contributed by atoms with Crippen molar-refractivity contribution < 1.29 is 0 Å². The summed E-state index contributed by atoms with van der Waals surface area (Å²) in [6, 6.07) is 8.94. The van der Waals surface area contributed by atoms with Gasteiger partial charge in [-0.05, 0) is 43.0 Å². The molecule has 0 heterocycles. The van der Waals surface area contributed by atoms with Gasteiger partial charge >= 0.3 is 0 Å². The molecule has 0 aromatic heterocycles. The molecule has 0 radical (unpaired) electrons. The first kappa shape index (κ1) is 8.48. The van der Waals surface area contributed by atoms with E-state index in [1.165, 1.54) is 17.7 Å². The Balaban J connectivity index is 1.92. The lowest BCUT2D eigenvalue weighted by Gasteiger charge is -2.01. The summed E-state index contributed by atoms with van der Waals surface area (Å²) in [5.74, 6) is 0. The van der Waals surface area contributed by atoms with E-state index in [2.05, 4.69) is 29.5 Å². The molecular formula is C9H11NS2. The van der Waals surface area contributed by atoms with E-state index in [1.54, 1.807) is 11.9 Å². The highest BCUT2D eigenvalue weighted by Crippen LogP contribution is 2.25. The van der Waals surface area contributed by atoms with Crippen molar-refractivity contribution in [2.75, 3.05) is 0 Å². The van der Waals surface area contributed by atoms with Crippen LogP contribution in [-0.2, 0) is 0 Å². The lowest BCUT2D eigenvalue weighted by molar-refractivity contribution is 0.969. The molecule has 3 heteroatoms. The zero-order valence-corrected chi connectivity index (χ0v) is 8.37. The van der Waals surface area contributed by atoms with Gasteiger partial charge in [-0.3, -0.25) is 4.72 Å². The van der Waals surface area contributed by atoms with Gasteiger partial charge in [0.05, 0.1) is 0 Å². The van der Waals surface area contributed by atoms with Crippen LogP contribution in [0.4, 0.5) is 0 Å². The average Bonchev–Trinajstić information content (AvgIpc) is 2.84. The molecule has 0 saturated heterocycles. The molecule has 1 nitrogen and oxygen atoms in total. The van der Waals surface area contributed by atoms with Crippen molar-refractivity contribution in [2.45, 2.75) is 28.7 Å². The van der Waals surface area contributed by atoms with Gasteiger partial charge in [0, 0.05) is 15.8 Å².